The Bertz CT molecular complexity index is 1060. The molecule has 4 N–H and O–H groups in total. The van der Waals surface area contributed by atoms with Crippen molar-refractivity contribution in [3.63, 3.8) is 0 Å². The molecule has 2 aromatic carbocycles. The molecular weight excluding hydrogens is 423 g/mol. The number of ether oxygens (including phenoxy) is 2. The highest BCUT2D eigenvalue weighted by Crippen LogP contribution is 2.37. The number of anilines is 5. The Balaban J connectivity index is 1.91. The maximum atomic E-state index is 13.0. The predicted molar refractivity (Wildman–Crippen MR) is 109 cm³/mol. The summed E-state index contributed by atoms with van der Waals surface area (Å²) < 4.78 is 49.5. The predicted octanol–water partition coefficient (Wildman–Crippen LogP) is 5.24. The maximum Gasteiger partial charge on any atom is 0.416 e. The molecular formula is C19H17ClF3N5O2. The van der Waals surface area contributed by atoms with E-state index in [9.17, 15) is 13.2 Å². The highest BCUT2D eigenvalue weighted by molar-refractivity contribution is 6.33. The van der Waals surface area contributed by atoms with Crippen LogP contribution >= 0.6 is 11.6 Å². The van der Waals surface area contributed by atoms with E-state index in [2.05, 4.69) is 20.6 Å². The number of nitrogen functional groups attached to an aromatic ring is 1. The van der Waals surface area contributed by atoms with Crippen molar-refractivity contribution in [1.29, 1.82) is 0 Å². The van der Waals surface area contributed by atoms with E-state index in [4.69, 9.17) is 26.8 Å². The molecule has 0 amide bonds. The van der Waals surface area contributed by atoms with Gasteiger partial charge in [-0.15, -0.1) is 0 Å². The Morgan fingerprint density at radius 3 is 2.20 bits per heavy atom. The average molecular weight is 440 g/mol. The quantitative estimate of drug-likeness (QED) is 0.483. The lowest BCUT2D eigenvalue weighted by atomic mass is 10.2. The molecule has 7 nitrogen and oxygen atoms in total. The molecule has 0 aliphatic heterocycles. The van der Waals surface area contributed by atoms with Crippen LogP contribution in [0.1, 0.15) is 5.56 Å². The second-order valence-electron chi connectivity index (χ2n) is 5.99. The number of rotatable bonds is 6. The summed E-state index contributed by atoms with van der Waals surface area (Å²) in [7, 11) is 3.02. The number of hydrogen-bond donors (Lipinski definition) is 3. The molecule has 158 valence electrons. The standard InChI is InChI=1S/C19H17ClF3N5O2/c1-29-11-4-6-13(15(8-11)30-2)27-17-16(24)18(26-9-25-17)28-14-7-10(19(21,22)23)3-5-12(14)20/h3-9H,24H2,1-2H3,(H2,25,26,27,28). The van der Waals surface area contributed by atoms with E-state index in [-0.39, 0.29) is 28.0 Å². The van der Waals surface area contributed by atoms with Crippen LogP contribution in [0.25, 0.3) is 0 Å². The monoisotopic (exact) mass is 439 g/mol. The molecule has 0 radical (unpaired) electrons. The first-order valence-electron chi connectivity index (χ1n) is 8.46. The average Bonchev–Trinajstić information content (AvgIpc) is 2.71. The van der Waals surface area contributed by atoms with Crippen LogP contribution in [-0.4, -0.2) is 24.2 Å². The van der Waals surface area contributed by atoms with Gasteiger partial charge in [0.1, 0.15) is 23.5 Å². The van der Waals surface area contributed by atoms with E-state index in [1.54, 1.807) is 18.2 Å². The summed E-state index contributed by atoms with van der Waals surface area (Å²) in [5, 5.41) is 5.81. The number of benzene rings is 2. The number of methoxy groups -OCH3 is 2. The van der Waals surface area contributed by atoms with Gasteiger partial charge >= 0.3 is 6.18 Å². The van der Waals surface area contributed by atoms with Gasteiger partial charge < -0.3 is 25.8 Å². The third kappa shape index (κ3) is 4.60. The highest BCUT2D eigenvalue weighted by atomic mass is 35.5. The smallest absolute Gasteiger partial charge is 0.416 e. The molecule has 30 heavy (non-hydrogen) atoms. The van der Waals surface area contributed by atoms with E-state index in [1.807, 2.05) is 0 Å². The molecule has 0 unspecified atom stereocenters. The van der Waals surface area contributed by atoms with Crippen LogP contribution < -0.4 is 25.8 Å². The number of nitrogens with two attached hydrogens (primary N) is 1. The lowest BCUT2D eigenvalue weighted by Gasteiger charge is -2.16. The van der Waals surface area contributed by atoms with E-state index in [1.165, 1.54) is 20.5 Å². The lowest BCUT2D eigenvalue weighted by Crippen LogP contribution is -2.08. The van der Waals surface area contributed by atoms with Crippen molar-refractivity contribution in [2.45, 2.75) is 6.18 Å². The number of nitrogens with one attached hydrogen (secondary N) is 2. The minimum Gasteiger partial charge on any atom is -0.497 e. The van der Waals surface area contributed by atoms with Gasteiger partial charge in [-0.2, -0.15) is 13.2 Å². The van der Waals surface area contributed by atoms with Crippen LogP contribution in [0.4, 0.5) is 41.9 Å². The summed E-state index contributed by atoms with van der Waals surface area (Å²) in [5.41, 5.74) is 5.89. The number of alkyl halides is 3. The van der Waals surface area contributed by atoms with Crippen LogP contribution in [0.3, 0.4) is 0 Å². The van der Waals surface area contributed by atoms with Gasteiger partial charge in [-0.1, -0.05) is 11.6 Å². The molecule has 3 aromatic rings. The van der Waals surface area contributed by atoms with Gasteiger partial charge in [-0.05, 0) is 30.3 Å². The van der Waals surface area contributed by atoms with E-state index >= 15 is 0 Å². The van der Waals surface area contributed by atoms with Crippen LogP contribution in [0.5, 0.6) is 11.5 Å². The van der Waals surface area contributed by atoms with Gasteiger partial charge in [0.25, 0.3) is 0 Å². The fraction of sp³-hybridized carbons (Fsp3) is 0.158. The summed E-state index contributed by atoms with van der Waals surface area (Å²) in [6.45, 7) is 0. The second-order valence-corrected chi connectivity index (χ2v) is 6.40. The second kappa shape index (κ2) is 8.54. The molecule has 3 rings (SSSR count). The van der Waals surface area contributed by atoms with Gasteiger partial charge in [0.05, 0.1) is 36.2 Å². The first-order valence-corrected chi connectivity index (χ1v) is 8.84. The van der Waals surface area contributed by atoms with Crippen LogP contribution in [0, 0.1) is 0 Å². The Labute approximate surface area is 175 Å². The number of hydrogen-bond acceptors (Lipinski definition) is 7. The highest BCUT2D eigenvalue weighted by Gasteiger charge is 2.31. The zero-order chi connectivity index (χ0) is 21.9. The van der Waals surface area contributed by atoms with E-state index in [0.717, 1.165) is 18.2 Å². The van der Waals surface area contributed by atoms with Crippen molar-refractivity contribution in [2.24, 2.45) is 0 Å². The Morgan fingerprint density at radius 1 is 0.933 bits per heavy atom. The first kappa shape index (κ1) is 21.3. The van der Waals surface area contributed by atoms with E-state index in [0.29, 0.717) is 17.2 Å². The molecule has 0 saturated heterocycles. The van der Waals surface area contributed by atoms with Gasteiger partial charge in [-0.3, -0.25) is 0 Å². The molecule has 11 heteroatoms. The topological polar surface area (TPSA) is 94.3 Å². The molecule has 0 saturated carbocycles. The molecule has 0 bridgehead atoms. The minimum absolute atomic E-state index is 0.00451. The summed E-state index contributed by atoms with van der Waals surface area (Å²) >= 11 is 6.03. The van der Waals surface area contributed by atoms with Gasteiger partial charge in [0.2, 0.25) is 0 Å². The Kier molecular flexibility index (Phi) is 6.06. The Morgan fingerprint density at radius 2 is 1.60 bits per heavy atom. The van der Waals surface area contributed by atoms with Crippen molar-refractivity contribution in [3.8, 4) is 11.5 Å². The summed E-state index contributed by atoms with van der Waals surface area (Å²) in [5.74, 6) is 1.37. The third-order valence-electron chi connectivity index (χ3n) is 4.09. The summed E-state index contributed by atoms with van der Waals surface area (Å²) in [6, 6.07) is 8.00. The molecule has 0 fully saturated rings. The molecule has 1 aromatic heterocycles. The molecule has 0 aliphatic carbocycles. The van der Waals surface area contributed by atoms with Crippen molar-refractivity contribution in [2.75, 3.05) is 30.6 Å². The van der Waals surface area contributed by atoms with Crippen molar-refractivity contribution in [3.05, 3.63) is 53.3 Å². The fourth-order valence-electron chi connectivity index (χ4n) is 2.55. The van der Waals surface area contributed by atoms with Crippen LogP contribution in [0.2, 0.25) is 5.02 Å². The molecule has 0 spiro atoms. The first-order chi connectivity index (χ1) is 14.2. The number of nitrogens with zero attached hydrogens (tertiary/aromatic N) is 2. The van der Waals surface area contributed by atoms with Gasteiger partial charge in [0.15, 0.2) is 11.6 Å². The fourth-order valence-corrected chi connectivity index (χ4v) is 2.71. The number of halogens is 4. The van der Waals surface area contributed by atoms with E-state index < -0.39 is 11.7 Å². The maximum absolute atomic E-state index is 13.0. The van der Waals surface area contributed by atoms with Crippen molar-refractivity contribution >= 4 is 40.3 Å². The van der Waals surface area contributed by atoms with Gasteiger partial charge in [-0.25, -0.2) is 9.97 Å². The van der Waals surface area contributed by atoms with Crippen LogP contribution in [-0.2, 0) is 6.18 Å². The van der Waals surface area contributed by atoms with Crippen molar-refractivity contribution in [1.82, 2.24) is 9.97 Å². The zero-order valence-corrected chi connectivity index (χ0v) is 16.6. The molecule has 1 heterocycles. The summed E-state index contributed by atoms with van der Waals surface area (Å²) in [4.78, 5) is 8.09. The Hall–Kier alpha value is -3.40. The molecule has 0 atom stereocenters. The largest absolute Gasteiger partial charge is 0.497 e. The zero-order valence-electron chi connectivity index (χ0n) is 15.8. The molecule has 0 aliphatic rings. The normalized spacial score (nSPS) is 11.1. The van der Waals surface area contributed by atoms with Crippen LogP contribution in [0.15, 0.2) is 42.7 Å². The van der Waals surface area contributed by atoms with Crippen molar-refractivity contribution < 1.29 is 22.6 Å². The number of aromatic nitrogens is 2. The minimum atomic E-state index is -4.52. The SMILES string of the molecule is COc1ccc(Nc2ncnc(Nc3cc(C(F)(F)F)ccc3Cl)c2N)c(OC)c1. The lowest BCUT2D eigenvalue weighted by molar-refractivity contribution is -0.137. The summed E-state index contributed by atoms with van der Waals surface area (Å²) in [6.07, 6.45) is -3.31. The third-order valence-corrected chi connectivity index (χ3v) is 4.42. The van der Waals surface area contributed by atoms with Gasteiger partial charge in [0, 0.05) is 6.07 Å².